The van der Waals surface area contributed by atoms with Crippen molar-refractivity contribution in [2.75, 3.05) is 20.2 Å². The average Bonchev–Trinajstić information content (AvgIpc) is 2.38. The van der Waals surface area contributed by atoms with Crippen molar-refractivity contribution in [3.05, 3.63) is 29.8 Å². The van der Waals surface area contributed by atoms with Crippen LogP contribution in [0.4, 0.5) is 0 Å². The summed E-state index contributed by atoms with van der Waals surface area (Å²) in [6.07, 6.45) is 3.44. The average molecular weight is 262 g/mol. The van der Waals surface area contributed by atoms with E-state index >= 15 is 0 Å². The summed E-state index contributed by atoms with van der Waals surface area (Å²) in [4.78, 5) is 2.43. The van der Waals surface area contributed by atoms with Crippen molar-refractivity contribution >= 4 is 0 Å². The molecule has 0 bridgehead atoms. The molecule has 2 rings (SSSR count). The Labute approximate surface area is 116 Å². The maximum atomic E-state index is 6.56. The minimum absolute atomic E-state index is 0.277. The van der Waals surface area contributed by atoms with Crippen LogP contribution >= 0.6 is 0 Å². The lowest BCUT2D eigenvalue weighted by Gasteiger charge is -2.42. The van der Waals surface area contributed by atoms with Crippen LogP contribution in [0, 0.1) is 5.92 Å². The topological polar surface area (TPSA) is 38.5 Å². The number of methoxy groups -OCH3 is 1. The zero-order chi connectivity index (χ0) is 13.9. The number of hydrogen-bond donors (Lipinski definition) is 1. The Morgan fingerprint density at radius 3 is 2.95 bits per heavy atom. The number of benzene rings is 1. The van der Waals surface area contributed by atoms with Crippen LogP contribution in [0.15, 0.2) is 24.3 Å². The third-order valence-corrected chi connectivity index (χ3v) is 4.08. The number of ether oxygens (including phenoxy) is 1. The van der Waals surface area contributed by atoms with E-state index in [1.54, 1.807) is 7.11 Å². The van der Waals surface area contributed by atoms with Gasteiger partial charge in [0.05, 0.1) is 12.8 Å². The molecule has 1 heterocycles. The molecule has 106 valence electrons. The second-order valence-electron chi connectivity index (χ2n) is 6.08. The van der Waals surface area contributed by atoms with Crippen molar-refractivity contribution < 1.29 is 4.74 Å². The highest BCUT2D eigenvalue weighted by Crippen LogP contribution is 2.24. The highest BCUT2D eigenvalue weighted by molar-refractivity contribution is 5.29. The van der Waals surface area contributed by atoms with Gasteiger partial charge >= 0.3 is 0 Å². The van der Waals surface area contributed by atoms with E-state index in [4.69, 9.17) is 10.5 Å². The highest BCUT2D eigenvalue weighted by atomic mass is 16.5. The minimum atomic E-state index is -0.277. The molecule has 0 saturated carbocycles. The number of nitrogens with two attached hydrogens (primary N) is 1. The molecule has 1 aliphatic heterocycles. The van der Waals surface area contributed by atoms with Crippen molar-refractivity contribution in [1.29, 1.82) is 0 Å². The van der Waals surface area contributed by atoms with Gasteiger partial charge in [0.15, 0.2) is 0 Å². The van der Waals surface area contributed by atoms with E-state index in [9.17, 15) is 0 Å². The van der Waals surface area contributed by atoms with Crippen LogP contribution < -0.4 is 10.5 Å². The third kappa shape index (κ3) is 3.71. The molecule has 2 N–H and O–H groups in total. The maximum absolute atomic E-state index is 6.56. The SMILES string of the molecule is COc1cccc(CC(C)(N)N2CCCC(C)C2)c1. The van der Waals surface area contributed by atoms with E-state index < -0.39 is 0 Å². The Morgan fingerprint density at radius 2 is 2.26 bits per heavy atom. The fraction of sp³-hybridized carbons (Fsp3) is 0.625. The van der Waals surface area contributed by atoms with Gasteiger partial charge in [-0.3, -0.25) is 4.90 Å². The summed E-state index contributed by atoms with van der Waals surface area (Å²) in [5.41, 5.74) is 7.52. The molecule has 0 aliphatic carbocycles. The first-order chi connectivity index (χ1) is 9.01. The lowest BCUT2D eigenvalue weighted by Crippen LogP contribution is -2.58. The molecule has 1 aliphatic rings. The molecular weight excluding hydrogens is 236 g/mol. The maximum Gasteiger partial charge on any atom is 0.119 e. The molecule has 1 saturated heterocycles. The quantitative estimate of drug-likeness (QED) is 0.906. The first kappa shape index (κ1) is 14.4. The van der Waals surface area contributed by atoms with E-state index in [0.29, 0.717) is 0 Å². The summed E-state index contributed by atoms with van der Waals surface area (Å²) in [6.45, 7) is 6.68. The second kappa shape index (κ2) is 5.93. The molecule has 0 spiro atoms. The lowest BCUT2D eigenvalue weighted by molar-refractivity contribution is 0.0627. The van der Waals surface area contributed by atoms with Gasteiger partial charge in [-0.05, 0) is 49.9 Å². The van der Waals surface area contributed by atoms with Crippen LogP contribution in [0.25, 0.3) is 0 Å². The summed E-state index contributed by atoms with van der Waals surface area (Å²) in [5, 5.41) is 0. The van der Waals surface area contributed by atoms with Crippen LogP contribution in [0.3, 0.4) is 0 Å². The Balaban J connectivity index is 2.06. The zero-order valence-corrected chi connectivity index (χ0v) is 12.4. The van der Waals surface area contributed by atoms with Crippen LogP contribution in [0.5, 0.6) is 5.75 Å². The number of rotatable bonds is 4. The predicted octanol–water partition coefficient (Wildman–Crippen LogP) is 2.64. The second-order valence-corrected chi connectivity index (χ2v) is 6.08. The van der Waals surface area contributed by atoms with Crippen molar-refractivity contribution in [1.82, 2.24) is 4.90 Å². The molecule has 19 heavy (non-hydrogen) atoms. The van der Waals surface area contributed by atoms with Crippen LogP contribution in [-0.2, 0) is 6.42 Å². The normalized spacial score (nSPS) is 23.9. The van der Waals surface area contributed by atoms with Gasteiger partial charge in [-0.1, -0.05) is 19.1 Å². The summed E-state index contributed by atoms with van der Waals surface area (Å²) in [5.74, 6) is 1.65. The van der Waals surface area contributed by atoms with Crippen molar-refractivity contribution in [2.24, 2.45) is 11.7 Å². The zero-order valence-electron chi connectivity index (χ0n) is 12.4. The van der Waals surface area contributed by atoms with Crippen LogP contribution in [-0.4, -0.2) is 30.8 Å². The monoisotopic (exact) mass is 262 g/mol. The molecule has 0 radical (unpaired) electrons. The van der Waals surface area contributed by atoms with Crippen molar-refractivity contribution in [3.63, 3.8) is 0 Å². The largest absolute Gasteiger partial charge is 0.497 e. The van der Waals surface area contributed by atoms with Gasteiger partial charge in [0.2, 0.25) is 0 Å². The minimum Gasteiger partial charge on any atom is -0.497 e. The molecule has 3 heteroatoms. The van der Waals surface area contributed by atoms with Gasteiger partial charge in [-0.15, -0.1) is 0 Å². The molecule has 1 aromatic carbocycles. The fourth-order valence-electron chi connectivity index (χ4n) is 2.96. The molecule has 2 atom stereocenters. The van der Waals surface area contributed by atoms with Crippen LogP contribution in [0.2, 0.25) is 0 Å². The molecular formula is C16H26N2O. The van der Waals surface area contributed by atoms with Gasteiger partial charge in [-0.2, -0.15) is 0 Å². The van der Waals surface area contributed by atoms with E-state index in [-0.39, 0.29) is 5.66 Å². The molecule has 0 aromatic heterocycles. The predicted molar refractivity (Wildman–Crippen MR) is 79.3 cm³/mol. The smallest absolute Gasteiger partial charge is 0.119 e. The fourth-order valence-corrected chi connectivity index (χ4v) is 2.96. The number of hydrogen-bond acceptors (Lipinski definition) is 3. The third-order valence-electron chi connectivity index (χ3n) is 4.08. The van der Waals surface area contributed by atoms with E-state index in [1.165, 1.54) is 18.4 Å². The summed E-state index contributed by atoms with van der Waals surface area (Å²) >= 11 is 0. The van der Waals surface area contributed by atoms with Gasteiger partial charge in [0, 0.05) is 13.0 Å². The lowest BCUT2D eigenvalue weighted by atomic mass is 9.94. The standard InChI is InChI=1S/C16H26N2O/c1-13-6-5-9-18(12-13)16(2,17)11-14-7-4-8-15(10-14)19-3/h4,7-8,10,13H,5-6,9,11-12,17H2,1-3H3. The summed E-state index contributed by atoms with van der Waals surface area (Å²) < 4.78 is 5.28. The van der Waals surface area contributed by atoms with Gasteiger partial charge < -0.3 is 10.5 Å². The van der Waals surface area contributed by atoms with E-state index in [1.807, 2.05) is 12.1 Å². The van der Waals surface area contributed by atoms with Gasteiger partial charge in [0.1, 0.15) is 5.75 Å². The Morgan fingerprint density at radius 1 is 1.47 bits per heavy atom. The Hall–Kier alpha value is -1.06. The molecule has 1 fully saturated rings. The molecule has 1 aromatic rings. The number of nitrogens with zero attached hydrogens (tertiary/aromatic N) is 1. The molecule has 2 unspecified atom stereocenters. The first-order valence-corrected chi connectivity index (χ1v) is 7.18. The summed E-state index contributed by atoms with van der Waals surface area (Å²) in [6, 6.07) is 8.21. The van der Waals surface area contributed by atoms with E-state index in [2.05, 4.69) is 30.9 Å². The van der Waals surface area contributed by atoms with Gasteiger partial charge in [0.25, 0.3) is 0 Å². The number of likely N-dealkylation sites (tertiary alicyclic amines) is 1. The van der Waals surface area contributed by atoms with Crippen LogP contribution in [0.1, 0.15) is 32.3 Å². The van der Waals surface area contributed by atoms with Gasteiger partial charge in [-0.25, -0.2) is 0 Å². The highest BCUT2D eigenvalue weighted by Gasteiger charge is 2.30. The Kier molecular flexibility index (Phi) is 4.48. The number of piperidine rings is 1. The van der Waals surface area contributed by atoms with Crippen molar-refractivity contribution in [3.8, 4) is 5.75 Å². The van der Waals surface area contributed by atoms with Crippen molar-refractivity contribution in [2.45, 2.75) is 38.8 Å². The van der Waals surface area contributed by atoms with E-state index in [0.717, 1.165) is 31.2 Å². The Bertz CT molecular complexity index is 417. The molecule has 0 amide bonds. The first-order valence-electron chi connectivity index (χ1n) is 7.18. The molecule has 3 nitrogen and oxygen atoms in total. The summed E-state index contributed by atoms with van der Waals surface area (Å²) in [7, 11) is 1.70.